The highest BCUT2D eigenvalue weighted by atomic mass is 32.2. The molecule has 0 aliphatic rings. The number of benzene rings is 3. The van der Waals surface area contributed by atoms with Crippen LogP contribution in [0.4, 0.5) is 5.69 Å². The van der Waals surface area contributed by atoms with Crippen molar-refractivity contribution < 1.29 is 22.7 Å². The number of carbonyl (C=O) groups is 1. The monoisotopic (exact) mass is 482 g/mol. The van der Waals surface area contributed by atoms with Gasteiger partial charge in [-0.2, -0.15) is 0 Å². The molecule has 3 aromatic carbocycles. The predicted octanol–water partition coefficient (Wildman–Crippen LogP) is 4.48. The average Bonchev–Trinajstić information content (AvgIpc) is 2.86. The molecule has 0 saturated heterocycles. The van der Waals surface area contributed by atoms with Crippen molar-refractivity contribution in [1.82, 2.24) is 5.32 Å². The lowest BCUT2D eigenvalue weighted by atomic mass is 10.0. The molecular formula is C26H30N2O5S. The largest absolute Gasteiger partial charge is 0.497 e. The van der Waals surface area contributed by atoms with Gasteiger partial charge in [0.1, 0.15) is 18.0 Å². The number of hydrogen-bond acceptors (Lipinski definition) is 5. The summed E-state index contributed by atoms with van der Waals surface area (Å²) in [4.78, 5) is 13.2. The predicted molar refractivity (Wildman–Crippen MR) is 133 cm³/mol. The van der Waals surface area contributed by atoms with Gasteiger partial charge in [-0.05, 0) is 43.2 Å². The summed E-state index contributed by atoms with van der Waals surface area (Å²) in [7, 11) is -1.16. The van der Waals surface area contributed by atoms with Gasteiger partial charge in [0, 0.05) is 6.07 Å². The summed E-state index contributed by atoms with van der Waals surface area (Å²) >= 11 is 0. The smallest absolute Gasteiger partial charge is 0.264 e. The summed E-state index contributed by atoms with van der Waals surface area (Å²) in [5.74, 6) is 0.312. The molecule has 7 nitrogen and oxygen atoms in total. The number of anilines is 1. The van der Waals surface area contributed by atoms with E-state index in [1.54, 1.807) is 30.3 Å². The molecule has 0 aromatic heterocycles. The van der Waals surface area contributed by atoms with Crippen molar-refractivity contribution >= 4 is 21.6 Å². The molecule has 0 fully saturated rings. The van der Waals surface area contributed by atoms with E-state index in [9.17, 15) is 13.2 Å². The number of amides is 1. The van der Waals surface area contributed by atoms with Crippen LogP contribution in [0.15, 0.2) is 77.7 Å². The van der Waals surface area contributed by atoms with Crippen molar-refractivity contribution in [2.24, 2.45) is 0 Å². The van der Waals surface area contributed by atoms with Crippen LogP contribution >= 0.6 is 0 Å². The fourth-order valence-electron chi connectivity index (χ4n) is 3.61. The first kappa shape index (κ1) is 25.1. The van der Waals surface area contributed by atoms with Crippen molar-refractivity contribution in [1.29, 1.82) is 0 Å². The number of methoxy groups -OCH3 is 2. The van der Waals surface area contributed by atoms with Crippen LogP contribution in [-0.2, 0) is 14.8 Å². The van der Waals surface area contributed by atoms with E-state index < -0.39 is 22.5 Å². The van der Waals surface area contributed by atoms with Gasteiger partial charge in [0.2, 0.25) is 5.91 Å². The van der Waals surface area contributed by atoms with Crippen LogP contribution in [0.2, 0.25) is 0 Å². The number of aryl methyl sites for hydroxylation is 1. The van der Waals surface area contributed by atoms with E-state index in [4.69, 9.17) is 9.47 Å². The first-order valence-corrected chi connectivity index (χ1v) is 12.4. The second-order valence-electron chi connectivity index (χ2n) is 7.80. The number of carbonyl (C=O) groups excluding carboxylic acids is 1. The summed E-state index contributed by atoms with van der Waals surface area (Å²) in [6.45, 7) is 3.41. The maximum absolute atomic E-state index is 13.7. The van der Waals surface area contributed by atoms with Crippen LogP contribution in [0, 0.1) is 6.92 Å². The van der Waals surface area contributed by atoms with Crippen molar-refractivity contribution in [3.05, 3.63) is 83.9 Å². The van der Waals surface area contributed by atoms with E-state index in [2.05, 4.69) is 5.32 Å². The van der Waals surface area contributed by atoms with E-state index in [1.165, 1.54) is 26.4 Å². The minimum atomic E-state index is -4.09. The molecular weight excluding hydrogens is 452 g/mol. The summed E-state index contributed by atoms with van der Waals surface area (Å²) < 4.78 is 39.2. The van der Waals surface area contributed by atoms with E-state index in [1.807, 2.05) is 44.2 Å². The minimum Gasteiger partial charge on any atom is -0.497 e. The van der Waals surface area contributed by atoms with Crippen LogP contribution in [0.3, 0.4) is 0 Å². The quantitative estimate of drug-likeness (QED) is 0.461. The van der Waals surface area contributed by atoms with Crippen molar-refractivity contribution in [3.8, 4) is 11.5 Å². The molecule has 0 spiro atoms. The Hall–Kier alpha value is -3.52. The molecule has 1 N–H and O–H groups in total. The normalized spacial score (nSPS) is 12.0. The standard InChI is InChI=1S/C26H30N2O5S/c1-5-23(20-9-7-6-8-10-20)27-26(29)18-28(24-17-21(32-3)13-16-25(24)33-4)34(30,31)22-14-11-19(2)12-15-22/h6-17,23H,5,18H2,1-4H3,(H,27,29)/t23-/m0/s1. The topological polar surface area (TPSA) is 84.9 Å². The van der Waals surface area contributed by atoms with Crippen LogP contribution in [0.25, 0.3) is 0 Å². The van der Waals surface area contributed by atoms with Crippen LogP contribution in [-0.4, -0.2) is 35.1 Å². The zero-order chi connectivity index (χ0) is 24.7. The highest BCUT2D eigenvalue weighted by Crippen LogP contribution is 2.35. The lowest BCUT2D eigenvalue weighted by molar-refractivity contribution is -0.120. The zero-order valence-corrected chi connectivity index (χ0v) is 20.6. The third kappa shape index (κ3) is 5.69. The number of nitrogens with one attached hydrogen (secondary N) is 1. The van der Waals surface area contributed by atoms with Crippen molar-refractivity contribution in [2.45, 2.75) is 31.2 Å². The van der Waals surface area contributed by atoms with E-state index in [-0.39, 0.29) is 16.6 Å². The molecule has 0 bridgehead atoms. The Morgan fingerprint density at radius 3 is 2.24 bits per heavy atom. The lowest BCUT2D eigenvalue weighted by Crippen LogP contribution is -2.42. The van der Waals surface area contributed by atoms with Crippen LogP contribution in [0.1, 0.15) is 30.5 Å². The Kier molecular flexibility index (Phi) is 8.17. The van der Waals surface area contributed by atoms with Gasteiger partial charge >= 0.3 is 0 Å². The molecule has 1 amide bonds. The Bertz CT molecular complexity index is 1210. The number of nitrogens with zero attached hydrogens (tertiary/aromatic N) is 1. The van der Waals surface area contributed by atoms with Crippen molar-refractivity contribution in [2.75, 3.05) is 25.1 Å². The molecule has 0 unspecified atom stereocenters. The fraction of sp³-hybridized carbons (Fsp3) is 0.269. The molecule has 0 radical (unpaired) electrons. The summed E-state index contributed by atoms with van der Waals surface area (Å²) in [5, 5.41) is 2.96. The van der Waals surface area contributed by atoms with E-state index in [0.717, 1.165) is 15.4 Å². The van der Waals surface area contributed by atoms with E-state index >= 15 is 0 Å². The maximum atomic E-state index is 13.7. The molecule has 34 heavy (non-hydrogen) atoms. The fourth-order valence-corrected chi connectivity index (χ4v) is 5.03. The number of hydrogen-bond donors (Lipinski definition) is 1. The highest BCUT2D eigenvalue weighted by Gasteiger charge is 2.30. The van der Waals surface area contributed by atoms with Gasteiger partial charge in [-0.3, -0.25) is 9.10 Å². The van der Waals surface area contributed by atoms with Gasteiger partial charge in [0.25, 0.3) is 10.0 Å². The molecule has 8 heteroatoms. The summed E-state index contributed by atoms with van der Waals surface area (Å²) in [6, 6.07) is 20.7. The van der Waals surface area contributed by atoms with Gasteiger partial charge in [-0.25, -0.2) is 8.42 Å². The summed E-state index contributed by atoms with van der Waals surface area (Å²) in [5.41, 5.74) is 2.09. The van der Waals surface area contributed by atoms with Gasteiger partial charge in [0.05, 0.1) is 30.8 Å². The third-order valence-corrected chi connectivity index (χ3v) is 7.27. The average molecular weight is 483 g/mol. The first-order chi connectivity index (χ1) is 16.3. The van der Waals surface area contributed by atoms with E-state index in [0.29, 0.717) is 17.9 Å². The second-order valence-corrected chi connectivity index (χ2v) is 9.66. The minimum absolute atomic E-state index is 0.0749. The first-order valence-electron chi connectivity index (χ1n) is 11.0. The SMILES string of the molecule is CC[C@H](NC(=O)CN(c1cc(OC)ccc1OC)S(=O)(=O)c1ccc(C)cc1)c1ccccc1. The summed E-state index contributed by atoms with van der Waals surface area (Å²) in [6.07, 6.45) is 0.656. The number of rotatable bonds is 10. The molecule has 0 aliphatic carbocycles. The van der Waals surface area contributed by atoms with Gasteiger partial charge in [0.15, 0.2) is 0 Å². The highest BCUT2D eigenvalue weighted by molar-refractivity contribution is 7.92. The molecule has 3 rings (SSSR count). The van der Waals surface area contributed by atoms with Crippen LogP contribution in [0.5, 0.6) is 11.5 Å². The second kappa shape index (κ2) is 11.1. The Balaban J connectivity index is 2.02. The van der Waals surface area contributed by atoms with Gasteiger partial charge in [-0.15, -0.1) is 0 Å². The third-order valence-electron chi connectivity index (χ3n) is 5.50. The molecule has 1 atom stereocenters. The maximum Gasteiger partial charge on any atom is 0.264 e. The molecule has 0 saturated carbocycles. The Morgan fingerprint density at radius 2 is 1.65 bits per heavy atom. The molecule has 0 aliphatic heterocycles. The van der Waals surface area contributed by atoms with Crippen molar-refractivity contribution in [3.63, 3.8) is 0 Å². The van der Waals surface area contributed by atoms with Gasteiger partial charge in [-0.1, -0.05) is 55.0 Å². The lowest BCUT2D eigenvalue weighted by Gasteiger charge is -2.27. The molecule has 0 heterocycles. The van der Waals surface area contributed by atoms with Crippen LogP contribution < -0.4 is 19.1 Å². The molecule has 180 valence electrons. The Labute approximate surface area is 201 Å². The zero-order valence-electron chi connectivity index (χ0n) is 19.8. The molecule has 3 aromatic rings. The van der Waals surface area contributed by atoms with Gasteiger partial charge < -0.3 is 14.8 Å². The number of ether oxygens (including phenoxy) is 2. The Morgan fingerprint density at radius 1 is 0.971 bits per heavy atom. The number of sulfonamides is 1.